The van der Waals surface area contributed by atoms with Gasteiger partial charge in [0, 0.05) is 50.6 Å². The Hall–Kier alpha value is -2.31. The van der Waals surface area contributed by atoms with E-state index in [1.807, 2.05) is 24.4 Å². The predicted molar refractivity (Wildman–Crippen MR) is 95.1 cm³/mol. The van der Waals surface area contributed by atoms with Gasteiger partial charge in [-0.15, -0.1) is 0 Å². The summed E-state index contributed by atoms with van der Waals surface area (Å²) in [7, 11) is 3.83. The Balaban J connectivity index is 1.52. The molecular weight excluding hydrogens is 318 g/mol. The Kier molecular flexibility index (Phi) is 4.46. The molecule has 1 fully saturated rings. The number of benzene rings is 1. The van der Waals surface area contributed by atoms with E-state index in [0.29, 0.717) is 5.75 Å². The predicted octanol–water partition coefficient (Wildman–Crippen LogP) is 2.23. The summed E-state index contributed by atoms with van der Waals surface area (Å²) < 4.78 is 16.4. The number of ether oxygens (including phenoxy) is 3. The van der Waals surface area contributed by atoms with Gasteiger partial charge in [0.15, 0.2) is 11.5 Å². The van der Waals surface area contributed by atoms with E-state index in [0.717, 1.165) is 55.5 Å². The molecule has 6 heteroatoms. The molecular formula is C19H23N3O3. The lowest BCUT2D eigenvalue weighted by Crippen LogP contribution is -2.43. The van der Waals surface area contributed by atoms with Crippen molar-refractivity contribution in [3.8, 4) is 28.5 Å². The van der Waals surface area contributed by atoms with Gasteiger partial charge >= 0.3 is 0 Å². The van der Waals surface area contributed by atoms with Crippen molar-refractivity contribution in [3.63, 3.8) is 0 Å². The third-order valence-corrected chi connectivity index (χ3v) is 4.80. The van der Waals surface area contributed by atoms with E-state index >= 15 is 0 Å². The first kappa shape index (κ1) is 16.2. The lowest BCUT2D eigenvalue weighted by Gasteiger charge is -2.32. The first-order chi connectivity index (χ1) is 12.2. The molecule has 132 valence electrons. The number of pyridine rings is 1. The molecule has 0 N–H and O–H groups in total. The fraction of sp³-hybridized carbons (Fsp3) is 0.421. The second kappa shape index (κ2) is 6.90. The van der Waals surface area contributed by atoms with Crippen LogP contribution in [0, 0.1) is 0 Å². The van der Waals surface area contributed by atoms with E-state index in [-0.39, 0.29) is 6.79 Å². The van der Waals surface area contributed by atoms with E-state index in [4.69, 9.17) is 14.2 Å². The Morgan fingerprint density at radius 3 is 2.52 bits per heavy atom. The number of rotatable bonds is 4. The van der Waals surface area contributed by atoms with Crippen LogP contribution in [0.4, 0.5) is 0 Å². The van der Waals surface area contributed by atoms with Gasteiger partial charge in [0.2, 0.25) is 6.79 Å². The molecule has 6 nitrogen and oxygen atoms in total. The third-order valence-electron chi connectivity index (χ3n) is 4.80. The number of likely N-dealkylation sites (N-methyl/N-ethyl adjacent to an activating group) is 1. The molecule has 1 saturated heterocycles. The van der Waals surface area contributed by atoms with Crippen LogP contribution >= 0.6 is 0 Å². The van der Waals surface area contributed by atoms with Crippen LogP contribution in [0.25, 0.3) is 11.3 Å². The average Bonchev–Trinajstić information content (AvgIpc) is 3.10. The Labute approximate surface area is 147 Å². The smallest absolute Gasteiger partial charge is 0.231 e. The lowest BCUT2D eigenvalue weighted by molar-refractivity contribution is 0.148. The highest BCUT2D eigenvalue weighted by atomic mass is 16.7. The molecule has 4 rings (SSSR count). The molecule has 1 aromatic carbocycles. The monoisotopic (exact) mass is 341 g/mol. The van der Waals surface area contributed by atoms with Crippen molar-refractivity contribution < 1.29 is 14.2 Å². The standard InChI is InChI=1S/C19H23N3O3/c1-21-5-7-22(8-6-21)12-14-3-4-16(20-11-14)15-9-18-19(25-13-24-18)10-17(15)23-2/h3-4,9-11H,5-8,12-13H2,1-2H3. The molecule has 2 aliphatic heterocycles. The lowest BCUT2D eigenvalue weighted by atomic mass is 10.1. The van der Waals surface area contributed by atoms with Gasteiger partial charge in [0.25, 0.3) is 0 Å². The van der Waals surface area contributed by atoms with E-state index in [1.165, 1.54) is 5.56 Å². The van der Waals surface area contributed by atoms with Crippen LogP contribution in [0.5, 0.6) is 17.2 Å². The van der Waals surface area contributed by atoms with E-state index in [9.17, 15) is 0 Å². The second-order valence-corrected chi connectivity index (χ2v) is 6.54. The van der Waals surface area contributed by atoms with Gasteiger partial charge in [-0.1, -0.05) is 6.07 Å². The Morgan fingerprint density at radius 1 is 1.08 bits per heavy atom. The normalized spacial score (nSPS) is 17.7. The molecule has 0 unspecified atom stereocenters. The van der Waals surface area contributed by atoms with E-state index < -0.39 is 0 Å². The third kappa shape index (κ3) is 3.41. The molecule has 3 heterocycles. The molecule has 1 aromatic heterocycles. The maximum Gasteiger partial charge on any atom is 0.231 e. The van der Waals surface area contributed by atoms with Crippen LogP contribution in [-0.2, 0) is 6.54 Å². The first-order valence-electron chi connectivity index (χ1n) is 8.57. The van der Waals surface area contributed by atoms with Crippen molar-refractivity contribution in [1.29, 1.82) is 0 Å². The van der Waals surface area contributed by atoms with Gasteiger partial charge in [-0.3, -0.25) is 9.88 Å². The molecule has 0 amide bonds. The quantitative estimate of drug-likeness (QED) is 0.850. The molecule has 0 bridgehead atoms. The number of hydrogen-bond donors (Lipinski definition) is 0. The van der Waals surface area contributed by atoms with Gasteiger partial charge in [0.05, 0.1) is 12.8 Å². The van der Waals surface area contributed by atoms with Crippen molar-refractivity contribution in [1.82, 2.24) is 14.8 Å². The highest BCUT2D eigenvalue weighted by Gasteiger charge is 2.19. The number of piperazine rings is 1. The fourth-order valence-electron chi connectivity index (χ4n) is 3.23. The van der Waals surface area contributed by atoms with Gasteiger partial charge < -0.3 is 19.1 Å². The largest absolute Gasteiger partial charge is 0.496 e. The van der Waals surface area contributed by atoms with E-state index in [2.05, 4.69) is 27.9 Å². The number of methoxy groups -OCH3 is 1. The highest BCUT2D eigenvalue weighted by Crippen LogP contribution is 2.41. The maximum atomic E-state index is 5.50. The number of nitrogens with zero attached hydrogens (tertiary/aromatic N) is 3. The van der Waals surface area contributed by atoms with Crippen molar-refractivity contribution in [3.05, 3.63) is 36.0 Å². The molecule has 0 aliphatic carbocycles. The molecule has 0 saturated carbocycles. The number of fused-ring (bicyclic) bond motifs is 1. The van der Waals surface area contributed by atoms with Crippen molar-refractivity contribution >= 4 is 0 Å². The summed E-state index contributed by atoms with van der Waals surface area (Å²) in [5, 5.41) is 0. The summed E-state index contributed by atoms with van der Waals surface area (Å²) >= 11 is 0. The van der Waals surface area contributed by atoms with Crippen LogP contribution in [0.2, 0.25) is 0 Å². The topological polar surface area (TPSA) is 47.1 Å². The van der Waals surface area contributed by atoms with Crippen molar-refractivity contribution in [2.24, 2.45) is 0 Å². The summed E-state index contributed by atoms with van der Waals surface area (Å²) in [5.41, 5.74) is 3.02. The molecule has 0 spiro atoms. The average molecular weight is 341 g/mol. The number of aromatic nitrogens is 1. The van der Waals surface area contributed by atoms with Gasteiger partial charge in [-0.2, -0.15) is 0 Å². The fourth-order valence-corrected chi connectivity index (χ4v) is 3.23. The van der Waals surface area contributed by atoms with Gasteiger partial charge in [-0.05, 0) is 24.7 Å². The van der Waals surface area contributed by atoms with Crippen LogP contribution < -0.4 is 14.2 Å². The molecule has 2 aliphatic rings. The minimum Gasteiger partial charge on any atom is -0.496 e. The first-order valence-corrected chi connectivity index (χ1v) is 8.57. The summed E-state index contributed by atoms with van der Waals surface area (Å²) in [6.07, 6.45) is 1.96. The van der Waals surface area contributed by atoms with Crippen molar-refractivity contribution in [2.45, 2.75) is 6.54 Å². The minimum atomic E-state index is 0.249. The van der Waals surface area contributed by atoms with Crippen LogP contribution in [0.15, 0.2) is 30.5 Å². The zero-order valence-corrected chi connectivity index (χ0v) is 14.7. The van der Waals surface area contributed by atoms with Crippen LogP contribution in [0.3, 0.4) is 0 Å². The SMILES string of the molecule is COc1cc2c(cc1-c1ccc(CN3CCN(C)CC3)cn1)OCO2. The summed E-state index contributed by atoms with van der Waals surface area (Å²) in [6, 6.07) is 7.98. The molecule has 0 radical (unpaired) electrons. The minimum absolute atomic E-state index is 0.249. The molecule has 2 aromatic rings. The van der Waals surface area contributed by atoms with Crippen molar-refractivity contribution in [2.75, 3.05) is 47.1 Å². The Morgan fingerprint density at radius 2 is 1.84 bits per heavy atom. The Bertz CT molecular complexity index is 740. The van der Waals surface area contributed by atoms with Crippen LogP contribution in [-0.4, -0.2) is 61.9 Å². The summed E-state index contributed by atoms with van der Waals surface area (Å²) in [6.45, 7) is 5.65. The number of hydrogen-bond acceptors (Lipinski definition) is 6. The molecule has 25 heavy (non-hydrogen) atoms. The summed E-state index contributed by atoms with van der Waals surface area (Å²) in [5.74, 6) is 2.19. The highest BCUT2D eigenvalue weighted by molar-refractivity contribution is 5.72. The van der Waals surface area contributed by atoms with Gasteiger partial charge in [0.1, 0.15) is 5.75 Å². The molecule has 0 atom stereocenters. The van der Waals surface area contributed by atoms with Crippen LogP contribution in [0.1, 0.15) is 5.56 Å². The van der Waals surface area contributed by atoms with E-state index in [1.54, 1.807) is 7.11 Å². The zero-order valence-electron chi connectivity index (χ0n) is 14.7. The zero-order chi connectivity index (χ0) is 17.2. The second-order valence-electron chi connectivity index (χ2n) is 6.54. The summed E-state index contributed by atoms with van der Waals surface area (Å²) in [4.78, 5) is 9.48. The van der Waals surface area contributed by atoms with Gasteiger partial charge in [-0.25, -0.2) is 0 Å². The maximum absolute atomic E-state index is 5.50.